The molecular formula is C28H40Cl2N2O8. The lowest BCUT2D eigenvalue weighted by atomic mass is 10.1. The lowest BCUT2D eigenvalue weighted by Crippen LogP contribution is -2.29. The number of methoxy groups -OCH3 is 2. The van der Waals surface area contributed by atoms with Crippen LogP contribution in [0.2, 0.25) is 0 Å². The van der Waals surface area contributed by atoms with Gasteiger partial charge in [-0.3, -0.25) is 14.5 Å². The van der Waals surface area contributed by atoms with Gasteiger partial charge < -0.3 is 25.4 Å². The molecule has 0 atom stereocenters. The average Bonchev–Trinajstić information content (AvgIpc) is 2.93. The number of carbonyl (C=O) groups excluding carboxylic acids is 4. The maximum atomic E-state index is 11.8. The Kier molecular flexibility index (Phi) is 24.4. The number of ether oxygens (including phenoxy) is 2. The molecular weight excluding hydrogens is 563 g/mol. The molecule has 2 aromatic rings. The Morgan fingerprint density at radius 3 is 1.85 bits per heavy atom. The van der Waals surface area contributed by atoms with E-state index in [0.717, 1.165) is 18.4 Å². The van der Waals surface area contributed by atoms with Gasteiger partial charge >= 0.3 is 11.9 Å². The fourth-order valence-electron chi connectivity index (χ4n) is 2.70. The minimum atomic E-state index is -0.508. The van der Waals surface area contributed by atoms with Crippen molar-refractivity contribution in [3.63, 3.8) is 0 Å². The summed E-state index contributed by atoms with van der Waals surface area (Å²) in [7, 11) is 4.44. The molecule has 0 fully saturated rings. The smallest absolute Gasteiger partial charge is 0.337 e. The van der Waals surface area contributed by atoms with Crippen LogP contribution in [-0.2, 0) is 25.5 Å². The molecule has 0 aromatic heterocycles. The van der Waals surface area contributed by atoms with Gasteiger partial charge in [-0.25, -0.2) is 9.59 Å². The number of hydrogen-bond acceptors (Lipinski definition) is 10. The number of unbranched alkanes of at least 4 members (excludes halogenated alkanes) is 1. The number of anilines is 1. The Morgan fingerprint density at radius 1 is 0.925 bits per heavy atom. The Bertz CT molecular complexity index is 1020. The third-order valence-electron chi connectivity index (χ3n) is 4.60. The maximum absolute atomic E-state index is 11.8. The van der Waals surface area contributed by atoms with Gasteiger partial charge in [-0.15, -0.1) is 11.6 Å². The van der Waals surface area contributed by atoms with E-state index < -0.39 is 11.2 Å². The molecule has 10 nitrogen and oxygen atoms in total. The summed E-state index contributed by atoms with van der Waals surface area (Å²) >= 11 is 9.55. The number of ketones is 1. The number of nitrogen functional groups attached to an aromatic ring is 1. The molecule has 0 spiro atoms. The number of esters is 2. The van der Waals surface area contributed by atoms with Crippen LogP contribution in [0.4, 0.5) is 5.69 Å². The van der Waals surface area contributed by atoms with Crippen molar-refractivity contribution in [2.75, 3.05) is 59.2 Å². The van der Waals surface area contributed by atoms with Gasteiger partial charge in [-0.05, 0) is 61.0 Å². The SMILES string of the molecule is CCCCO.COC(=O)c1cccc(CC(=O)CN(C)CCO)c1.COC(=O)c1cccc(N)c1.O=C(Cl)CCl. The molecule has 2 rings (SSSR count). The number of nitrogens with two attached hydrogens (primary N) is 1. The van der Waals surface area contributed by atoms with E-state index in [4.69, 9.17) is 39.1 Å². The lowest BCUT2D eigenvalue weighted by Gasteiger charge is -2.13. The normalized spacial score (nSPS) is 9.53. The summed E-state index contributed by atoms with van der Waals surface area (Å²) in [6, 6.07) is 13.5. The summed E-state index contributed by atoms with van der Waals surface area (Å²) in [6.07, 6.45) is 2.30. The van der Waals surface area contributed by atoms with Crippen molar-refractivity contribution >= 4 is 51.9 Å². The van der Waals surface area contributed by atoms with Gasteiger partial charge in [-0.2, -0.15) is 0 Å². The molecule has 0 bridgehead atoms. The average molecular weight is 604 g/mol. The molecule has 0 saturated heterocycles. The molecule has 0 aliphatic heterocycles. The summed E-state index contributed by atoms with van der Waals surface area (Å²) < 4.78 is 9.13. The van der Waals surface area contributed by atoms with Gasteiger partial charge in [0.2, 0.25) is 5.24 Å². The van der Waals surface area contributed by atoms with Crippen LogP contribution >= 0.6 is 23.2 Å². The summed E-state index contributed by atoms with van der Waals surface area (Å²) in [6.45, 7) is 3.17. The predicted molar refractivity (Wildman–Crippen MR) is 157 cm³/mol. The standard InChI is InChI=1S/C14H19NO4.C8H9NO2.C4H10O.C2H2Cl2O/c1-15(6-7-16)10-13(17)9-11-4-3-5-12(8-11)14(18)19-2;1-11-8(10)6-3-2-4-7(9)5-6;1-2-3-4-5;3-1-2(4)5/h3-5,8,16H,6-7,9-10H2,1-2H3;2-5H,9H2,1H3;5H,2-4H2,1H3;1H2. The summed E-state index contributed by atoms with van der Waals surface area (Å²) in [5.41, 5.74) is 7.71. The number of likely N-dealkylation sites (N-methyl/N-ethyl adjacent to an activating group) is 1. The van der Waals surface area contributed by atoms with Crippen LogP contribution in [-0.4, -0.2) is 91.5 Å². The minimum Gasteiger partial charge on any atom is -0.465 e. The molecule has 12 heteroatoms. The Morgan fingerprint density at radius 2 is 1.45 bits per heavy atom. The number of nitrogens with zero attached hydrogens (tertiary/aromatic N) is 1. The second kappa shape index (κ2) is 25.0. The second-order valence-electron chi connectivity index (χ2n) is 8.05. The number of alkyl halides is 1. The second-order valence-corrected chi connectivity index (χ2v) is 8.74. The number of halogens is 2. The van der Waals surface area contributed by atoms with Gasteiger partial charge in [0.05, 0.1) is 44.4 Å². The third kappa shape index (κ3) is 20.9. The Labute approximate surface area is 246 Å². The third-order valence-corrected chi connectivity index (χ3v) is 5.11. The van der Waals surface area contributed by atoms with E-state index in [1.807, 2.05) is 0 Å². The first-order valence-electron chi connectivity index (χ1n) is 12.3. The molecule has 2 aromatic carbocycles. The van der Waals surface area contributed by atoms with Gasteiger partial charge in [0.1, 0.15) is 0 Å². The molecule has 0 heterocycles. The first-order chi connectivity index (χ1) is 19.0. The number of hydrogen-bond donors (Lipinski definition) is 3. The zero-order valence-electron chi connectivity index (χ0n) is 23.4. The maximum Gasteiger partial charge on any atom is 0.337 e. The highest BCUT2D eigenvalue weighted by atomic mass is 35.5. The van der Waals surface area contributed by atoms with Crippen molar-refractivity contribution in [1.29, 1.82) is 0 Å². The lowest BCUT2D eigenvalue weighted by molar-refractivity contribution is -0.119. The van der Waals surface area contributed by atoms with Crippen LogP contribution in [0.25, 0.3) is 0 Å². The van der Waals surface area contributed by atoms with Crippen LogP contribution < -0.4 is 5.73 Å². The van der Waals surface area contributed by atoms with E-state index >= 15 is 0 Å². The molecule has 0 saturated carbocycles. The van der Waals surface area contributed by atoms with Crippen LogP contribution in [0.5, 0.6) is 0 Å². The van der Waals surface area contributed by atoms with Crippen molar-refractivity contribution in [2.24, 2.45) is 0 Å². The van der Waals surface area contributed by atoms with E-state index in [-0.39, 0.29) is 37.2 Å². The number of aliphatic hydroxyl groups is 2. The van der Waals surface area contributed by atoms with Crippen molar-refractivity contribution in [2.45, 2.75) is 26.2 Å². The van der Waals surface area contributed by atoms with Crippen LogP contribution in [0, 0.1) is 0 Å². The number of Topliss-reactive ketones (excluding diaryl/α,β-unsaturated/α-hetero) is 1. The van der Waals surface area contributed by atoms with Crippen molar-refractivity contribution in [3.8, 4) is 0 Å². The molecule has 4 N–H and O–H groups in total. The minimum absolute atomic E-state index is 0.0294. The first-order valence-corrected chi connectivity index (χ1v) is 13.2. The van der Waals surface area contributed by atoms with E-state index in [9.17, 15) is 19.2 Å². The van der Waals surface area contributed by atoms with Crippen LogP contribution in [0.3, 0.4) is 0 Å². The number of rotatable bonds is 11. The summed E-state index contributed by atoms with van der Waals surface area (Å²) in [4.78, 5) is 45.3. The number of carbonyl (C=O) groups is 4. The monoisotopic (exact) mass is 602 g/mol. The number of benzene rings is 2. The van der Waals surface area contributed by atoms with Crippen molar-refractivity contribution in [3.05, 3.63) is 65.2 Å². The van der Waals surface area contributed by atoms with E-state index in [1.165, 1.54) is 14.2 Å². The van der Waals surface area contributed by atoms with Gasteiger partial charge in [0.25, 0.3) is 0 Å². The first kappa shape index (κ1) is 39.1. The van der Waals surface area contributed by atoms with Crippen LogP contribution in [0.15, 0.2) is 48.5 Å². The van der Waals surface area contributed by atoms with Gasteiger partial charge in [-0.1, -0.05) is 31.5 Å². The predicted octanol–water partition coefficient (Wildman–Crippen LogP) is 3.33. The van der Waals surface area contributed by atoms with E-state index in [0.29, 0.717) is 30.0 Å². The quantitative estimate of drug-likeness (QED) is 0.151. The van der Waals surface area contributed by atoms with E-state index in [1.54, 1.807) is 60.5 Å². The molecule has 40 heavy (non-hydrogen) atoms. The van der Waals surface area contributed by atoms with Crippen LogP contribution in [0.1, 0.15) is 46.0 Å². The Balaban J connectivity index is 0. The highest BCUT2D eigenvalue weighted by Crippen LogP contribution is 2.08. The highest BCUT2D eigenvalue weighted by molar-refractivity contribution is 6.67. The zero-order chi connectivity index (χ0) is 30.9. The van der Waals surface area contributed by atoms with Gasteiger partial charge in [0, 0.05) is 25.3 Å². The highest BCUT2D eigenvalue weighted by Gasteiger charge is 2.10. The summed E-state index contributed by atoms with van der Waals surface area (Å²) in [5, 5.41) is 16.3. The fraction of sp³-hybridized carbons (Fsp3) is 0.429. The molecule has 0 unspecified atom stereocenters. The number of aliphatic hydroxyl groups excluding tert-OH is 2. The summed E-state index contributed by atoms with van der Waals surface area (Å²) in [5.74, 6) is -0.830. The van der Waals surface area contributed by atoms with Gasteiger partial charge in [0.15, 0.2) is 5.78 Å². The van der Waals surface area contributed by atoms with Crippen molar-refractivity contribution < 1.29 is 38.9 Å². The molecule has 0 amide bonds. The van der Waals surface area contributed by atoms with Crippen molar-refractivity contribution in [1.82, 2.24) is 4.90 Å². The molecule has 0 aliphatic rings. The Hall–Kier alpha value is -3.02. The molecule has 224 valence electrons. The molecule has 0 radical (unpaired) electrons. The molecule has 0 aliphatic carbocycles. The largest absolute Gasteiger partial charge is 0.465 e. The fourth-order valence-corrected chi connectivity index (χ4v) is 2.70. The topological polar surface area (TPSA) is 156 Å². The van der Waals surface area contributed by atoms with E-state index in [2.05, 4.69) is 16.4 Å². The zero-order valence-corrected chi connectivity index (χ0v) is 24.9.